The Hall–Kier alpha value is -4.28. The molecular weight excluding hydrogens is 408 g/mol. The Morgan fingerprint density at radius 3 is 2.52 bits per heavy atom. The van der Waals surface area contributed by atoms with Gasteiger partial charge in [-0.05, 0) is 24.3 Å². The molecule has 0 saturated heterocycles. The van der Waals surface area contributed by atoms with E-state index in [0.717, 1.165) is 0 Å². The molecule has 2 aromatic heterocycles. The van der Waals surface area contributed by atoms with Crippen molar-refractivity contribution in [1.82, 2.24) is 19.7 Å². The normalized spacial score (nSPS) is 10.9. The lowest BCUT2D eigenvalue weighted by atomic mass is 10.2. The fraction of sp³-hybridized carbons (Fsp3) is 0.100. The van der Waals surface area contributed by atoms with Crippen molar-refractivity contribution in [3.8, 4) is 11.5 Å². The van der Waals surface area contributed by atoms with E-state index in [1.54, 1.807) is 18.2 Å². The predicted molar refractivity (Wildman–Crippen MR) is 111 cm³/mol. The lowest BCUT2D eigenvalue weighted by Crippen LogP contribution is -2.16. The molecule has 31 heavy (non-hydrogen) atoms. The Morgan fingerprint density at radius 2 is 1.84 bits per heavy atom. The molecule has 0 bridgehead atoms. The third-order valence-electron chi connectivity index (χ3n) is 4.58. The van der Waals surface area contributed by atoms with Crippen molar-refractivity contribution in [3.63, 3.8) is 0 Å². The van der Waals surface area contributed by atoms with E-state index in [0.29, 0.717) is 16.5 Å². The van der Waals surface area contributed by atoms with Crippen LogP contribution in [0.2, 0.25) is 0 Å². The van der Waals surface area contributed by atoms with Crippen molar-refractivity contribution in [2.45, 2.75) is 6.54 Å². The van der Waals surface area contributed by atoms with Crippen molar-refractivity contribution < 1.29 is 18.3 Å². The number of amides is 1. The van der Waals surface area contributed by atoms with Crippen LogP contribution in [0.4, 0.5) is 30.9 Å². The Balaban J connectivity index is 1.83. The number of nitrogens with two attached hydrogens (primary N) is 2. The van der Waals surface area contributed by atoms with Crippen LogP contribution in [0.3, 0.4) is 0 Å². The minimum absolute atomic E-state index is 0.00302. The minimum Gasteiger partial charge on any atom is -0.453 e. The van der Waals surface area contributed by atoms with Crippen LogP contribution in [-0.2, 0) is 11.3 Å². The molecule has 158 valence electrons. The van der Waals surface area contributed by atoms with E-state index >= 15 is 0 Å². The molecule has 0 radical (unpaired) electrons. The van der Waals surface area contributed by atoms with Crippen molar-refractivity contribution in [3.05, 3.63) is 59.7 Å². The van der Waals surface area contributed by atoms with Crippen LogP contribution in [0, 0.1) is 11.6 Å². The molecule has 11 heteroatoms. The maximum atomic E-state index is 14.2. The number of nitrogens with one attached hydrogen (secondary N) is 1. The Labute approximate surface area is 174 Å². The van der Waals surface area contributed by atoms with Gasteiger partial charge in [-0.1, -0.05) is 18.2 Å². The zero-order valence-electron chi connectivity index (χ0n) is 16.3. The van der Waals surface area contributed by atoms with Gasteiger partial charge in [-0.25, -0.2) is 23.5 Å². The Kier molecular flexibility index (Phi) is 5.07. The summed E-state index contributed by atoms with van der Waals surface area (Å²) in [7, 11) is 1.18. The fourth-order valence-corrected chi connectivity index (χ4v) is 3.10. The van der Waals surface area contributed by atoms with E-state index in [2.05, 4.69) is 25.1 Å². The highest BCUT2D eigenvalue weighted by atomic mass is 19.1. The molecule has 4 aromatic rings. The number of hydrogen-bond donors (Lipinski definition) is 3. The number of ether oxygens (including phenoxy) is 1. The van der Waals surface area contributed by atoms with Crippen molar-refractivity contribution >= 4 is 34.3 Å². The molecule has 0 spiro atoms. The van der Waals surface area contributed by atoms with E-state index in [4.69, 9.17) is 11.5 Å². The number of hydrogen-bond acceptors (Lipinski definition) is 7. The lowest BCUT2D eigenvalue weighted by Gasteiger charge is -2.10. The summed E-state index contributed by atoms with van der Waals surface area (Å²) in [5.41, 5.74) is 12.9. The average Bonchev–Trinajstić information content (AvgIpc) is 3.09. The van der Waals surface area contributed by atoms with Gasteiger partial charge < -0.3 is 16.2 Å². The number of fused-ring (bicyclic) bond motifs is 1. The average molecular weight is 425 g/mol. The first-order chi connectivity index (χ1) is 14.9. The van der Waals surface area contributed by atoms with Gasteiger partial charge in [0.15, 0.2) is 17.5 Å². The number of carbonyl (C=O) groups excluding carboxylic acids is 1. The summed E-state index contributed by atoms with van der Waals surface area (Å²) >= 11 is 0. The number of rotatable bonds is 4. The van der Waals surface area contributed by atoms with Crippen LogP contribution in [0.25, 0.3) is 22.4 Å². The number of halogens is 2. The summed E-state index contributed by atoms with van der Waals surface area (Å²) in [6.45, 7) is 0.0551. The molecule has 4 rings (SSSR count). The van der Waals surface area contributed by atoms with Crippen LogP contribution in [0.5, 0.6) is 0 Å². The quantitative estimate of drug-likeness (QED) is 0.457. The van der Waals surface area contributed by atoms with Crippen molar-refractivity contribution in [2.24, 2.45) is 0 Å². The first kappa shape index (κ1) is 20.0. The van der Waals surface area contributed by atoms with Gasteiger partial charge in [0.2, 0.25) is 0 Å². The monoisotopic (exact) mass is 425 g/mol. The maximum Gasteiger partial charge on any atom is 0.411 e. The number of nitrogens with zero attached hydrogens (tertiary/aromatic N) is 4. The van der Waals surface area contributed by atoms with Gasteiger partial charge in [0.05, 0.1) is 19.2 Å². The minimum atomic E-state index is -0.787. The molecule has 9 nitrogen and oxygen atoms in total. The molecule has 0 aliphatic heterocycles. The highest BCUT2D eigenvalue weighted by Crippen LogP contribution is 2.31. The van der Waals surface area contributed by atoms with Crippen LogP contribution in [0.15, 0.2) is 42.5 Å². The number of anilines is 3. The molecule has 2 heterocycles. The van der Waals surface area contributed by atoms with Crippen LogP contribution < -0.4 is 16.8 Å². The van der Waals surface area contributed by atoms with E-state index in [1.807, 2.05) is 0 Å². The van der Waals surface area contributed by atoms with Gasteiger partial charge in [0, 0.05) is 10.9 Å². The molecule has 0 saturated carbocycles. The second kappa shape index (κ2) is 7.86. The largest absolute Gasteiger partial charge is 0.453 e. The molecule has 0 atom stereocenters. The third-order valence-corrected chi connectivity index (χ3v) is 4.58. The van der Waals surface area contributed by atoms with Crippen LogP contribution >= 0.6 is 0 Å². The molecule has 0 unspecified atom stereocenters. The zero-order valence-corrected chi connectivity index (χ0v) is 16.3. The van der Waals surface area contributed by atoms with Gasteiger partial charge in [0.1, 0.15) is 23.0 Å². The van der Waals surface area contributed by atoms with E-state index < -0.39 is 17.7 Å². The number of benzene rings is 2. The number of aromatic nitrogens is 4. The SMILES string of the molecule is COC(=O)Nc1c(N)nc(-c2nn(Cc3ccccc3F)c3cc(F)ccc23)nc1N. The number of nitrogen functional groups attached to an aromatic ring is 2. The molecular formula is C20H17F2N7O2. The molecule has 0 fully saturated rings. The predicted octanol–water partition coefficient (Wildman–Crippen LogP) is 3.16. The third kappa shape index (κ3) is 3.80. The molecule has 2 aromatic carbocycles. The fourth-order valence-electron chi connectivity index (χ4n) is 3.10. The summed E-state index contributed by atoms with van der Waals surface area (Å²) in [6.07, 6.45) is -0.787. The van der Waals surface area contributed by atoms with E-state index in [-0.39, 0.29) is 35.4 Å². The molecule has 0 aliphatic carbocycles. The van der Waals surface area contributed by atoms with Crippen LogP contribution in [0.1, 0.15) is 5.56 Å². The molecule has 1 amide bonds. The summed E-state index contributed by atoms with van der Waals surface area (Å²) < 4.78 is 34.1. The smallest absolute Gasteiger partial charge is 0.411 e. The zero-order chi connectivity index (χ0) is 22.1. The Bertz CT molecular complexity index is 1280. The standard InChI is InChI=1S/C20H17F2N7O2/c1-31-20(30)25-16-17(23)26-19(27-18(16)24)15-12-7-6-11(21)8-14(12)29(28-15)9-10-4-2-3-5-13(10)22/h2-8H,9H2,1H3,(H,25,30)(H4,23,24,26,27). The van der Waals surface area contributed by atoms with Crippen LogP contribution in [-0.4, -0.2) is 33.0 Å². The second-order valence-electron chi connectivity index (χ2n) is 6.57. The Morgan fingerprint density at radius 1 is 1.13 bits per heavy atom. The second-order valence-corrected chi connectivity index (χ2v) is 6.57. The number of methoxy groups -OCH3 is 1. The van der Waals surface area contributed by atoms with Gasteiger partial charge in [-0.3, -0.25) is 10.00 Å². The van der Waals surface area contributed by atoms with Crippen molar-refractivity contribution in [2.75, 3.05) is 23.9 Å². The first-order valence-corrected chi connectivity index (χ1v) is 9.05. The summed E-state index contributed by atoms with van der Waals surface area (Å²) in [6, 6.07) is 10.3. The van der Waals surface area contributed by atoms with E-state index in [1.165, 1.54) is 36.1 Å². The van der Waals surface area contributed by atoms with Gasteiger partial charge >= 0.3 is 6.09 Å². The van der Waals surface area contributed by atoms with Gasteiger partial charge in [-0.2, -0.15) is 5.10 Å². The summed E-state index contributed by atoms with van der Waals surface area (Å²) in [5.74, 6) is -1.04. The molecule has 5 N–H and O–H groups in total. The lowest BCUT2D eigenvalue weighted by molar-refractivity contribution is 0.187. The first-order valence-electron chi connectivity index (χ1n) is 9.05. The molecule has 0 aliphatic rings. The highest BCUT2D eigenvalue weighted by Gasteiger charge is 2.20. The highest BCUT2D eigenvalue weighted by molar-refractivity contribution is 5.95. The summed E-state index contributed by atoms with van der Waals surface area (Å²) in [4.78, 5) is 19.8. The topological polar surface area (TPSA) is 134 Å². The van der Waals surface area contributed by atoms with Crippen molar-refractivity contribution in [1.29, 1.82) is 0 Å². The van der Waals surface area contributed by atoms with Gasteiger partial charge in [-0.15, -0.1) is 0 Å². The van der Waals surface area contributed by atoms with Gasteiger partial charge in [0.25, 0.3) is 0 Å². The summed E-state index contributed by atoms with van der Waals surface area (Å²) in [5, 5.41) is 7.32. The number of carbonyl (C=O) groups is 1. The van der Waals surface area contributed by atoms with E-state index in [9.17, 15) is 13.6 Å². The maximum absolute atomic E-state index is 14.2.